The van der Waals surface area contributed by atoms with Crippen molar-refractivity contribution in [1.82, 2.24) is 4.90 Å². The van der Waals surface area contributed by atoms with Crippen LogP contribution in [-0.4, -0.2) is 81.8 Å². The second-order valence-electron chi connectivity index (χ2n) is 13.5. The fourth-order valence-electron chi connectivity index (χ4n) is 5.45. The predicted octanol–water partition coefficient (Wildman–Crippen LogP) is 10.5. The minimum absolute atomic E-state index is 0.0694. The molecule has 0 atom stereocenters. The molecular formula is C42H83NO7. The number of nitrogens with zero attached hydrogens (tertiary/aromatic N) is 1. The van der Waals surface area contributed by atoms with Crippen LogP contribution in [0.2, 0.25) is 0 Å². The molecule has 0 bridgehead atoms. The summed E-state index contributed by atoms with van der Waals surface area (Å²) in [4.78, 5) is 22.4. The molecule has 298 valence electrons. The molecule has 0 unspecified atom stereocenters. The van der Waals surface area contributed by atoms with Gasteiger partial charge in [-0.15, -0.1) is 0 Å². The maximum absolute atomic E-state index is 10.3. The SMILES string of the molecule is CCCCCCCC/C=C\CCCCCCCC(=O)O.CCCCCCCC/C=C\CCCCCCCC(=O)O.OCCN(CCO)CCO. The first kappa shape index (κ1) is 52.6. The first-order valence-corrected chi connectivity index (χ1v) is 20.7. The van der Waals surface area contributed by atoms with E-state index in [1.165, 1.54) is 141 Å². The van der Waals surface area contributed by atoms with Crippen molar-refractivity contribution in [3.8, 4) is 0 Å². The number of carboxylic acids is 2. The average Bonchev–Trinajstić information content (AvgIpc) is 3.09. The Kier molecular flexibility index (Phi) is 52.0. The molecular weight excluding hydrogens is 630 g/mol. The third-order valence-electron chi connectivity index (χ3n) is 8.55. The highest BCUT2D eigenvalue weighted by atomic mass is 16.4. The van der Waals surface area contributed by atoms with Gasteiger partial charge in [-0.3, -0.25) is 14.5 Å². The van der Waals surface area contributed by atoms with E-state index >= 15 is 0 Å². The van der Waals surface area contributed by atoms with Crippen LogP contribution < -0.4 is 0 Å². The van der Waals surface area contributed by atoms with E-state index in [0.717, 1.165) is 25.7 Å². The summed E-state index contributed by atoms with van der Waals surface area (Å²) in [5.41, 5.74) is 0. The monoisotopic (exact) mass is 714 g/mol. The second-order valence-corrected chi connectivity index (χ2v) is 13.5. The van der Waals surface area contributed by atoms with Crippen molar-refractivity contribution in [2.75, 3.05) is 39.5 Å². The number of aliphatic hydroxyl groups excluding tert-OH is 3. The van der Waals surface area contributed by atoms with Crippen molar-refractivity contribution in [2.45, 2.75) is 194 Å². The summed E-state index contributed by atoms with van der Waals surface area (Å²) in [5.74, 6) is -1.33. The Hall–Kier alpha value is -1.74. The molecule has 5 N–H and O–H groups in total. The molecule has 0 aromatic carbocycles. The fourth-order valence-corrected chi connectivity index (χ4v) is 5.45. The number of hydrogen-bond donors (Lipinski definition) is 5. The molecule has 0 fully saturated rings. The Bertz CT molecular complexity index is 650. The summed E-state index contributed by atoms with van der Waals surface area (Å²) >= 11 is 0. The highest BCUT2D eigenvalue weighted by Gasteiger charge is 2.00. The largest absolute Gasteiger partial charge is 0.481 e. The fraction of sp³-hybridized carbons (Fsp3) is 0.857. The van der Waals surface area contributed by atoms with Gasteiger partial charge >= 0.3 is 11.9 Å². The molecule has 0 spiro atoms. The van der Waals surface area contributed by atoms with Gasteiger partial charge in [-0.05, 0) is 64.2 Å². The zero-order chi connectivity index (χ0) is 37.6. The zero-order valence-electron chi connectivity index (χ0n) is 32.9. The van der Waals surface area contributed by atoms with Crippen LogP contribution in [0.4, 0.5) is 0 Å². The Balaban J connectivity index is -0.000000701. The van der Waals surface area contributed by atoms with Crippen molar-refractivity contribution in [3.63, 3.8) is 0 Å². The number of rotatable bonds is 36. The topological polar surface area (TPSA) is 139 Å². The Labute approximate surface area is 308 Å². The molecule has 8 nitrogen and oxygen atoms in total. The lowest BCUT2D eigenvalue weighted by Gasteiger charge is -2.17. The quantitative estimate of drug-likeness (QED) is 0.0319. The van der Waals surface area contributed by atoms with Gasteiger partial charge in [0, 0.05) is 32.5 Å². The summed E-state index contributed by atoms with van der Waals surface area (Å²) in [5, 5.41) is 42.5. The maximum Gasteiger partial charge on any atom is 0.303 e. The van der Waals surface area contributed by atoms with Crippen molar-refractivity contribution < 1.29 is 35.1 Å². The summed E-state index contributed by atoms with van der Waals surface area (Å²) in [6, 6.07) is 0. The normalized spacial score (nSPS) is 11.2. The number of carboxylic acid groups (broad SMARTS) is 2. The number of unbranched alkanes of at least 4 members (excludes halogenated alkanes) is 22. The van der Waals surface area contributed by atoms with Crippen LogP contribution in [0.3, 0.4) is 0 Å². The summed E-state index contributed by atoms with van der Waals surface area (Å²) in [6.07, 6.45) is 42.5. The molecule has 0 heterocycles. The molecule has 0 radical (unpaired) electrons. The molecule has 0 aliphatic heterocycles. The van der Waals surface area contributed by atoms with Crippen molar-refractivity contribution >= 4 is 11.9 Å². The molecule has 0 aliphatic carbocycles. The van der Waals surface area contributed by atoms with Crippen molar-refractivity contribution in [1.29, 1.82) is 0 Å². The van der Waals surface area contributed by atoms with E-state index in [0.29, 0.717) is 32.5 Å². The molecule has 0 amide bonds. The molecule has 0 rings (SSSR count). The number of aliphatic carboxylic acids is 2. The average molecular weight is 714 g/mol. The minimum Gasteiger partial charge on any atom is -0.481 e. The van der Waals surface area contributed by atoms with Gasteiger partial charge in [0.05, 0.1) is 19.8 Å². The molecule has 0 saturated heterocycles. The third-order valence-corrected chi connectivity index (χ3v) is 8.55. The van der Waals surface area contributed by atoms with Crippen LogP contribution in [0.5, 0.6) is 0 Å². The lowest BCUT2D eigenvalue weighted by Crippen LogP contribution is -2.32. The van der Waals surface area contributed by atoms with Crippen molar-refractivity contribution in [2.24, 2.45) is 0 Å². The first-order chi connectivity index (χ1) is 24.4. The predicted molar refractivity (Wildman–Crippen MR) is 212 cm³/mol. The maximum atomic E-state index is 10.3. The lowest BCUT2D eigenvalue weighted by atomic mass is 10.1. The molecule has 0 aromatic rings. The van der Waals surface area contributed by atoms with Gasteiger partial charge in [-0.25, -0.2) is 0 Å². The Morgan fingerprint density at radius 2 is 0.640 bits per heavy atom. The Morgan fingerprint density at radius 3 is 0.880 bits per heavy atom. The van der Waals surface area contributed by atoms with E-state index in [2.05, 4.69) is 38.2 Å². The van der Waals surface area contributed by atoms with E-state index in [1.54, 1.807) is 4.90 Å². The van der Waals surface area contributed by atoms with E-state index in [9.17, 15) is 9.59 Å². The number of aliphatic hydroxyl groups is 3. The highest BCUT2D eigenvalue weighted by molar-refractivity contribution is 5.66. The van der Waals surface area contributed by atoms with Gasteiger partial charge < -0.3 is 25.5 Å². The van der Waals surface area contributed by atoms with E-state index < -0.39 is 11.9 Å². The molecule has 50 heavy (non-hydrogen) atoms. The van der Waals surface area contributed by atoms with Crippen LogP contribution >= 0.6 is 0 Å². The third kappa shape index (κ3) is 55.7. The van der Waals surface area contributed by atoms with Crippen LogP contribution in [0.15, 0.2) is 24.3 Å². The van der Waals surface area contributed by atoms with Gasteiger partial charge in [-0.2, -0.15) is 0 Å². The summed E-state index contributed by atoms with van der Waals surface area (Å²) in [7, 11) is 0. The van der Waals surface area contributed by atoms with Gasteiger partial charge in [0.15, 0.2) is 0 Å². The highest BCUT2D eigenvalue weighted by Crippen LogP contribution is 2.11. The molecule has 0 aromatic heterocycles. The van der Waals surface area contributed by atoms with E-state index in [1.807, 2.05) is 0 Å². The zero-order valence-corrected chi connectivity index (χ0v) is 32.9. The Morgan fingerprint density at radius 1 is 0.400 bits per heavy atom. The van der Waals surface area contributed by atoms with E-state index in [4.69, 9.17) is 25.5 Å². The van der Waals surface area contributed by atoms with Gasteiger partial charge in [-0.1, -0.05) is 141 Å². The standard InChI is InChI=1S/2C18H34O2.C6H15NO3/c2*1-2-3-4-5-6-7-8-9-10-11-12-13-14-15-16-17-18(19)20;8-4-1-7(2-5-9)3-6-10/h2*9-10H,2-8,11-17H2,1H3,(H,19,20);8-10H,1-6H2/b2*10-9-;. The smallest absolute Gasteiger partial charge is 0.303 e. The van der Waals surface area contributed by atoms with E-state index in [-0.39, 0.29) is 19.8 Å². The summed E-state index contributed by atoms with van der Waals surface area (Å²) < 4.78 is 0. The number of hydrogen-bond acceptors (Lipinski definition) is 6. The molecule has 8 heteroatoms. The lowest BCUT2D eigenvalue weighted by molar-refractivity contribution is -0.138. The van der Waals surface area contributed by atoms with Gasteiger partial charge in [0.1, 0.15) is 0 Å². The van der Waals surface area contributed by atoms with Crippen LogP contribution in [0.1, 0.15) is 194 Å². The molecule has 0 aliphatic rings. The van der Waals surface area contributed by atoms with Gasteiger partial charge in [0.2, 0.25) is 0 Å². The van der Waals surface area contributed by atoms with Gasteiger partial charge in [0.25, 0.3) is 0 Å². The molecule has 0 saturated carbocycles. The van der Waals surface area contributed by atoms with Crippen molar-refractivity contribution in [3.05, 3.63) is 24.3 Å². The second kappa shape index (κ2) is 49.4. The van der Waals surface area contributed by atoms with Crippen LogP contribution in [0, 0.1) is 0 Å². The number of allylic oxidation sites excluding steroid dienone is 4. The van der Waals surface area contributed by atoms with Crippen LogP contribution in [-0.2, 0) is 9.59 Å². The summed E-state index contributed by atoms with van der Waals surface area (Å²) in [6.45, 7) is 6.27. The number of carbonyl (C=O) groups is 2. The van der Waals surface area contributed by atoms with Crippen LogP contribution in [0.25, 0.3) is 0 Å². The minimum atomic E-state index is -0.664. The first-order valence-electron chi connectivity index (χ1n) is 20.7.